The van der Waals surface area contributed by atoms with Crippen molar-refractivity contribution < 1.29 is 33.0 Å². The summed E-state index contributed by atoms with van der Waals surface area (Å²) in [5.74, 6) is -6.36. The fourth-order valence-corrected chi connectivity index (χ4v) is 3.72. The molecule has 1 heterocycles. The third-order valence-electron chi connectivity index (χ3n) is 5.31. The Morgan fingerprint density at radius 2 is 1.64 bits per heavy atom. The molecule has 0 aliphatic carbocycles. The number of para-hydroxylation sites is 2. The van der Waals surface area contributed by atoms with Crippen molar-refractivity contribution in [3.63, 3.8) is 0 Å². The van der Waals surface area contributed by atoms with E-state index in [1.54, 1.807) is 30.3 Å². The smallest absolute Gasteiger partial charge is 0.339 e. The molecule has 0 spiro atoms. The molecule has 1 aliphatic heterocycles. The lowest BCUT2D eigenvalue weighted by Gasteiger charge is -2.21. The molecule has 0 saturated carbocycles. The SMILES string of the molecule is COc1ccccc1NC(=O)C(=O)[C@@H](C(=O)c1ccccc1F)[C@H]1OC(=O)c2ccccc21. The average Bonchev–Trinajstić information content (AvgIpc) is 3.16. The van der Waals surface area contributed by atoms with Crippen LogP contribution in [0.15, 0.2) is 72.8 Å². The number of hydrogen-bond donors (Lipinski definition) is 1. The van der Waals surface area contributed by atoms with Crippen molar-refractivity contribution >= 4 is 29.1 Å². The first-order valence-corrected chi connectivity index (χ1v) is 9.99. The number of nitrogens with one attached hydrogen (secondary N) is 1. The van der Waals surface area contributed by atoms with Crippen LogP contribution in [0, 0.1) is 11.7 Å². The Kier molecular flexibility index (Phi) is 5.99. The molecule has 0 bridgehead atoms. The number of Topliss-reactive ketones (excluding diaryl/α,β-unsaturated/α-hetero) is 2. The second-order valence-electron chi connectivity index (χ2n) is 7.25. The Morgan fingerprint density at radius 1 is 0.970 bits per heavy atom. The summed E-state index contributed by atoms with van der Waals surface area (Å²) in [5, 5.41) is 2.42. The molecule has 33 heavy (non-hydrogen) atoms. The van der Waals surface area contributed by atoms with E-state index < -0.39 is 41.3 Å². The predicted octanol–water partition coefficient (Wildman–Crippen LogP) is 3.75. The quantitative estimate of drug-likeness (QED) is 0.256. The summed E-state index contributed by atoms with van der Waals surface area (Å²) in [5.41, 5.74) is 0.267. The van der Waals surface area contributed by atoms with Crippen LogP contribution in [0.1, 0.15) is 32.4 Å². The molecule has 166 valence electrons. The molecule has 8 heteroatoms. The number of cyclic esters (lactones) is 1. The number of halogens is 1. The summed E-state index contributed by atoms with van der Waals surface area (Å²) in [6.45, 7) is 0. The largest absolute Gasteiger partial charge is 0.495 e. The number of esters is 1. The van der Waals surface area contributed by atoms with Gasteiger partial charge in [-0.05, 0) is 30.3 Å². The van der Waals surface area contributed by atoms with Gasteiger partial charge in [0.2, 0.25) is 5.78 Å². The lowest BCUT2D eigenvalue weighted by molar-refractivity contribution is -0.138. The number of carbonyl (C=O) groups excluding carboxylic acids is 4. The van der Waals surface area contributed by atoms with Gasteiger partial charge in [-0.1, -0.05) is 42.5 Å². The van der Waals surface area contributed by atoms with Crippen molar-refractivity contribution in [3.8, 4) is 5.75 Å². The molecular weight excluding hydrogens is 429 g/mol. The molecule has 3 aromatic carbocycles. The minimum atomic E-state index is -1.79. The highest BCUT2D eigenvalue weighted by atomic mass is 19.1. The molecule has 2 atom stereocenters. The number of anilines is 1. The molecule has 0 aromatic heterocycles. The number of hydrogen-bond acceptors (Lipinski definition) is 6. The van der Waals surface area contributed by atoms with E-state index in [2.05, 4.69) is 5.32 Å². The fourth-order valence-electron chi connectivity index (χ4n) is 3.72. The predicted molar refractivity (Wildman–Crippen MR) is 115 cm³/mol. The van der Waals surface area contributed by atoms with Crippen LogP contribution in [0.3, 0.4) is 0 Å². The maximum absolute atomic E-state index is 14.4. The van der Waals surface area contributed by atoms with Gasteiger partial charge in [-0.15, -0.1) is 0 Å². The summed E-state index contributed by atoms with van der Waals surface area (Å²) >= 11 is 0. The Labute approximate surface area is 188 Å². The number of fused-ring (bicyclic) bond motifs is 1. The van der Waals surface area contributed by atoms with Crippen LogP contribution >= 0.6 is 0 Å². The molecule has 0 radical (unpaired) electrons. The lowest BCUT2D eigenvalue weighted by Crippen LogP contribution is -2.38. The van der Waals surface area contributed by atoms with E-state index in [1.807, 2.05) is 0 Å². The highest BCUT2D eigenvalue weighted by Gasteiger charge is 2.46. The summed E-state index contributed by atoms with van der Waals surface area (Å²) < 4.78 is 24.9. The third-order valence-corrected chi connectivity index (χ3v) is 5.31. The average molecular weight is 447 g/mol. The van der Waals surface area contributed by atoms with E-state index in [1.165, 1.54) is 43.5 Å². The summed E-state index contributed by atoms with van der Waals surface area (Å²) in [6, 6.07) is 17.7. The summed E-state index contributed by atoms with van der Waals surface area (Å²) in [6.07, 6.45) is -1.38. The van der Waals surface area contributed by atoms with E-state index in [9.17, 15) is 23.6 Å². The van der Waals surface area contributed by atoms with Crippen molar-refractivity contribution in [2.45, 2.75) is 6.10 Å². The number of carbonyl (C=O) groups is 4. The Bertz CT molecular complexity index is 1270. The van der Waals surface area contributed by atoms with Crippen LogP contribution in [0.4, 0.5) is 10.1 Å². The summed E-state index contributed by atoms with van der Waals surface area (Å²) in [7, 11) is 1.40. The van der Waals surface area contributed by atoms with Crippen LogP contribution < -0.4 is 10.1 Å². The monoisotopic (exact) mass is 447 g/mol. The maximum Gasteiger partial charge on any atom is 0.339 e. The molecule has 1 aliphatic rings. The van der Waals surface area contributed by atoms with Gasteiger partial charge in [0.25, 0.3) is 5.91 Å². The van der Waals surface area contributed by atoms with Crippen molar-refractivity contribution in [1.29, 1.82) is 0 Å². The first-order chi connectivity index (χ1) is 15.9. The van der Waals surface area contributed by atoms with Crippen molar-refractivity contribution in [3.05, 3.63) is 95.3 Å². The number of benzene rings is 3. The van der Waals surface area contributed by atoms with Crippen molar-refractivity contribution in [1.82, 2.24) is 0 Å². The standard InChI is InChI=1S/C25H18FNO6/c1-32-19-13-7-6-12-18(19)27-24(30)22(29)20(21(28)16-10-4-5-11-17(16)26)23-14-8-2-3-9-15(14)25(31)33-23/h2-13,20,23H,1H3,(H,27,30)/t20-,23+/m1/s1. The van der Waals surface area contributed by atoms with Crippen LogP contribution in [0.2, 0.25) is 0 Å². The van der Waals surface area contributed by atoms with Gasteiger partial charge in [-0.3, -0.25) is 14.4 Å². The van der Waals surface area contributed by atoms with E-state index in [4.69, 9.17) is 9.47 Å². The number of methoxy groups -OCH3 is 1. The molecule has 4 rings (SSSR count). The minimum absolute atomic E-state index is 0.173. The Hall–Kier alpha value is -4.33. The fraction of sp³-hybridized carbons (Fsp3) is 0.120. The summed E-state index contributed by atoms with van der Waals surface area (Å²) in [4.78, 5) is 51.9. The zero-order chi connectivity index (χ0) is 23.5. The van der Waals surface area contributed by atoms with Gasteiger partial charge < -0.3 is 14.8 Å². The van der Waals surface area contributed by atoms with Gasteiger partial charge in [0.15, 0.2) is 5.78 Å². The van der Waals surface area contributed by atoms with Crippen molar-refractivity contribution in [2.75, 3.05) is 12.4 Å². The topological polar surface area (TPSA) is 98.8 Å². The molecule has 0 fully saturated rings. The number of rotatable bonds is 7. The first kappa shape index (κ1) is 21.9. The van der Waals surface area contributed by atoms with E-state index in [0.29, 0.717) is 5.75 Å². The van der Waals surface area contributed by atoms with Gasteiger partial charge in [0.1, 0.15) is 23.6 Å². The third kappa shape index (κ3) is 4.10. The van der Waals surface area contributed by atoms with Crippen LogP contribution in [0.5, 0.6) is 5.75 Å². The van der Waals surface area contributed by atoms with Gasteiger partial charge >= 0.3 is 5.97 Å². The molecule has 0 saturated heterocycles. The van der Waals surface area contributed by atoms with E-state index >= 15 is 0 Å². The molecule has 1 amide bonds. The Morgan fingerprint density at radius 3 is 2.39 bits per heavy atom. The molecular formula is C25H18FNO6. The van der Waals surface area contributed by atoms with Gasteiger partial charge in [0, 0.05) is 5.56 Å². The van der Waals surface area contributed by atoms with E-state index in [-0.39, 0.29) is 22.4 Å². The molecule has 7 nitrogen and oxygen atoms in total. The van der Waals surface area contributed by atoms with Crippen LogP contribution in [-0.4, -0.2) is 30.6 Å². The second kappa shape index (κ2) is 9.04. The highest BCUT2D eigenvalue weighted by Crippen LogP contribution is 2.38. The number of amides is 1. The lowest BCUT2D eigenvalue weighted by atomic mass is 9.84. The second-order valence-corrected chi connectivity index (χ2v) is 7.25. The van der Waals surface area contributed by atoms with Crippen LogP contribution in [0.25, 0.3) is 0 Å². The molecule has 0 unspecified atom stereocenters. The first-order valence-electron chi connectivity index (χ1n) is 9.99. The zero-order valence-corrected chi connectivity index (χ0v) is 17.4. The van der Waals surface area contributed by atoms with Crippen LogP contribution in [-0.2, 0) is 14.3 Å². The number of ether oxygens (including phenoxy) is 2. The van der Waals surface area contributed by atoms with Gasteiger partial charge in [-0.25, -0.2) is 9.18 Å². The molecule has 3 aromatic rings. The normalized spacial score (nSPS) is 15.2. The van der Waals surface area contributed by atoms with Crippen molar-refractivity contribution in [2.24, 2.45) is 5.92 Å². The maximum atomic E-state index is 14.4. The minimum Gasteiger partial charge on any atom is -0.495 e. The van der Waals surface area contributed by atoms with Gasteiger partial charge in [0.05, 0.1) is 23.9 Å². The molecule has 1 N–H and O–H groups in total. The highest BCUT2D eigenvalue weighted by molar-refractivity contribution is 6.45. The van der Waals surface area contributed by atoms with E-state index in [0.717, 1.165) is 6.07 Å². The number of ketones is 2. The van der Waals surface area contributed by atoms with Gasteiger partial charge in [-0.2, -0.15) is 0 Å². The zero-order valence-electron chi connectivity index (χ0n) is 17.4. The Balaban J connectivity index is 1.74.